The molecule has 13 heteroatoms. The molecule has 0 spiro atoms. The molecule has 22 heavy (non-hydrogen) atoms. The van der Waals surface area contributed by atoms with Crippen molar-refractivity contribution < 1.29 is 44.4 Å². The van der Waals surface area contributed by atoms with Crippen molar-refractivity contribution in [1.82, 2.24) is 20.9 Å². The Bertz CT molecular complexity index is 477. The van der Waals surface area contributed by atoms with Gasteiger partial charge in [0, 0.05) is 0 Å². The number of nitrogens with zero attached hydrogens (tertiary/aromatic N) is 2. The average molecular weight is 320 g/mol. The maximum absolute atomic E-state index is 12.1. The summed E-state index contributed by atoms with van der Waals surface area (Å²) in [6.45, 7) is 0. The molecule has 0 aromatic rings. The molecule has 1 fully saturated rings. The Kier molecular flexibility index (Phi) is 4.94. The molecule has 0 aromatic carbocycles. The molecule has 2 atom stereocenters. The van der Waals surface area contributed by atoms with E-state index in [2.05, 4.69) is 0 Å². The first kappa shape index (κ1) is 16.8. The number of hydrazine groups is 2. The van der Waals surface area contributed by atoms with E-state index in [9.17, 15) is 24.0 Å². The second-order valence-corrected chi connectivity index (χ2v) is 4.15. The molecule has 1 rings (SSSR count). The first-order chi connectivity index (χ1) is 10.1. The van der Waals surface area contributed by atoms with Gasteiger partial charge in [0.05, 0.1) is 0 Å². The smallest absolute Gasteiger partial charge is 0.426 e. The predicted molar refractivity (Wildman–Crippen MR) is 63.9 cm³/mol. The summed E-state index contributed by atoms with van der Waals surface area (Å²) in [4.78, 5) is 55.1. The van der Waals surface area contributed by atoms with Gasteiger partial charge in [0.2, 0.25) is 0 Å². The van der Waals surface area contributed by atoms with Gasteiger partial charge in [-0.2, -0.15) is 0 Å². The quantitative estimate of drug-likeness (QED) is 0.360. The van der Waals surface area contributed by atoms with Gasteiger partial charge >= 0.3 is 24.4 Å². The molecule has 6 N–H and O–H groups in total. The molecule has 0 aliphatic heterocycles. The molecule has 0 bridgehead atoms. The zero-order chi connectivity index (χ0) is 17.0. The van der Waals surface area contributed by atoms with Gasteiger partial charge in [-0.05, 0) is 12.8 Å². The van der Waals surface area contributed by atoms with Crippen molar-refractivity contribution in [3.8, 4) is 0 Å². The molecule has 0 radical (unpaired) electrons. The van der Waals surface area contributed by atoms with E-state index in [1.54, 1.807) is 0 Å². The van der Waals surface area contributed by atoms with Gasteiger partial charge < -0.3 is 20.4 Å². The van der Waals surface area contributed by atoms with Gasteiger partial charge in [-0.3, -0.25) is 4.79 Å². The average Bonchev–Trinajstić information content (AvgIpc) is 2.73. The molecule has 0 saturated heterocycles. The van der Waals surface area contributed by atoms with E-state index in [1.165, 1.54) is 10.9 Å². The van der Waals surface area contributed by atoms with Crippen LogP contribution in [0.25, 0.3) is 0 Å². The van der Waals surface area contributed by atoms with Gasteiger partial charge in [0.25, 0.3) is 0 Å². The van der Waals surface area contributed by atoms with Crippen LogP contribution in [0.2, 0.25) is 0 Å². The summed E-state index contributed by atoms with van der Waals surface area (Å²) in [6.07, 6.45) is -7.32. The van der Waals surface area contributed by atoms with Crippen molar-refractivity contribution in [3.05, 3.63) is 0 Å². The lowest BCUT2D eigenvalue weighted by atomic mass is 10.2. The molecule has 0 aromatic heterocycles. The SMILES string of the molecule is O=C(O)NN(C(=O)O)C1CCC(N(NC(=O)O)C(=O)O)C1=O. The van der Waals surface area contributed by atoms with Crippen LogP contribution in [0, 0.1) is 0 Å². The van der Waals surface area contributed by atoms with Crippen LogP contribution in [0.5, 0.6) is 0 Å². The van der Waals surface area contributed by atoms with E-state index in [4.69, 9.17) is 20.4 Å². The maximum Gasteiger partial charge on any atom is 0.426 e. The molecule has 4 amide bonds. The fraction of sp³-hybridized carbons (Fsp3) is 0.444. The number of amides is 4. The van der Waals surface area contributed by atoms with Crippen molar-refractivity contribution >= 4 is 30.2 Å². The van der Waals surface area contributed by atoms with E-state index in [1.807, 2.05) is 0 Å². The van der Waals surface area contributed by atoms with Crippen LogP contribution in [0.3, 0.4) is 0 Å². The first-order valence-corrected chi connectivity index (χ1v) is 5.72. The van der Waals surface area contributed by atoms with Crippen molar-refractivity contribution in [2.45, 2.75) is 24.9 Å². The molecule has 122 valence electrons. The van der Waals surface area contributed by atoms with E-state index in [0.717, 1.165) is 0 Å². The van der Waals surface area contributed by atoms with Gasteiger partial charge in [0.15, 0.2) is 5.78 Å². The predicted octanol–water partition coefficient (Wildman–Crippen LogP) is -0.588. The van der Waals surface area contributed by atoms with Crippen LogP contribution >= 0.6 is 0 Å². The Morgan fingerprint density at radius 1 is 0.818 bits per heavy atom. The van der Waals surface area contributed by atoms with Crippen LogP contribution in [0.15, 0.2) is 0 Å². The molecule has 2 unspecified atom stereocenters. The second-order valence-electron chi connectivity index (χ2n) is 4.15. The molecule has 1 aliphatic carbocycles. The number of hydrogen-bond donors (Lipinski definition) is 6. The van der Waals surface area contributed by atoms with Gasteiger partial charge in [-0.1, -0.05) is 0 Å². The summed E-state index contributed by atoms with van der Waals surface area (Å²) in [6, 6.07) is -2.92. The number of carbonyl (C=O) groups is 5. The van der Waals surface area contributed by atoms with Crippen molar-refractivity contribution in [2.75, 3.05) is 0 Å². The number of ketones is 1. The van der Waals surface area contributed by atoms with Crippen LogP contribution in [-0.4, -0.2) is 72.7 Å². The number of hydrogen-bond acceptors (Lipinski definition) is 5. The number of nitrogens with one attached hydrogen (secondary N) is 2. The van der Waals surface area contributed by atoms with Crippen LogP contribution in [0.1, 0.15) is 12.8 Å². The third-order valence-corrected chi connectivity index (χ3v) is 2.84. The van der Waals surface area contributed by atoms with Crippen molar-refractivity contribution in [1.29, 1.82) is 0 Å². The highest BCUT2D eigenvalue weighted by Gasteiger charge is 2.45. The summed E-state index contributed by atoms with van der Waals surface area (Å²) in [5.41, 5.74) is 3.02. The topological polar surface area (TPSA) is 197 Å². The minimum absolute atomic E-state index is 0.130. The minimum Gasteiger partial charge on any atom is -0.464 e. The zero-order valence-corrected chi connectivity index (χ0v) is 10.8. The highest BCUT2D eigenvalue weighted by molar-refractivity contribution is 5.95. The van der Waals surface area contributed by atoms with E-state index < -0.39 is 42.2 Å². The number of carbonyl (C=O) groups excluding carboxylic acids is 1. The summed E-state index contributed by atoms with van der Waals surface area (Å²) in [5.74, 6) is -0.952. The lowest BCUT2D eigenvalue weighted by Crippen LogP contribution is -2.57. The maximum atomic E-state index is 12.1. The van der Waals surface area contributed by atoms with E-state index >= 15 is 0 Å². The standard InChI is InChI=1S/C9H12N4O9/c14-5-3(12(8(19)20)10-6(15)16)1-2-4(5)13(9(21)22)11-7(17)18/h3-4,10-11H,1-2H2,(H,15,16)(H,17,18)(H,19,20)(H,21,22). The number of Topliss-reactive ketones (excluding diaryl/α,β-unsaturated/α-hetero) is 1. The minimum atomic E-state index is -1.76. The Morgan fingerprint density at radius 2 is 1.14 bits per heavy atom. The largest absolute Gasteiger partial charge is 0.464 e. The Labute approximate surface area is 121 Å². The van der Waals surface area contributed by atoms with Crippen molar-refractivity contribution in [3.63, 3.8) is 0 Å². The lowest BCUT2D eigenvalue weighted by Gasteiger charge is -2.26. The highest BCUT2D eigenvalue weighted by atomic mass is 16.4. The number of carboxylic acid groups (broad SMARTS) is 4. The summed E-state index contributed by atoms with van der Waals surface area (Å²) < 4.78 is 0. The molecule has 13 nitrogen and oxygen atoms in total. The molecular weight excluding hydrogens is 308 g/mol. The van der Waals surface area contributed by atoms with Crippen LogP contribution in [0.4, 0.5) is 19.2 Å². The van der Waals surface area contributed by atoms with Gasteiger partial charge in [-0.15, -0.1) is 0 Å². The highest BCUT2D eigenvalue weighted by Crippen LogP contribution is 2.24. The molecular formula is C9H12N4O9. The fourth-order valence-corrected chi connectivity index (χ4v) is 2.06. The second kappa shape index (κ2) is 6.47. The van der Waals surface area contributed by atoms with E-state index in [0.29, 0.717) is 0 Å². The molecule has 1 saturated carbocycles. The fourth-order valence-electron chi connectivity index (χ4n) is 2.06. The van der Waals surface area contributed by atoms with Gasteiger partial charge in [0.1, 0.15) is 12.1 Å². The summed E-state index contributed by atoms with van der Waals surface area (Å²) >= 11 is 0. The summed E-state index contributed by atoms with van der Waals surface area (Å²) in [5, 5.41) is 35.1. The third kappa shape index (κ3) is 3.65. The van der Waals surface area contributed by atoms with Crippen molar-refractivity contribution in [2.24, 2.45) is 0 Å². The van der Waals surface area contributed by atoms with Gasteiger partial charge in [-0.25, -0.2) is 40.0 Å². The Morgan fingerprint density at radius 3 is 1.36 bits per heavy atom. The third-order valence-electron chi connectivity index (χ3n) is 2.84. The summed E-state index contributed by atoms with van der Waals surface area (Å²) in [7, 11) is 0. The lowest BCUT2D eigenvalue weighted by molar-refractivity contribution is -0.126. The normalized spacial score (nSPS) is 20.1. The Hall–Kier alpha value is -3.25. The van der Waals surface area contributed by atoms with Crippen LogP contribution < -0.4 is 10.9 Å². The monoisotopic (exact) mass is 320 g/mol. The first-order valence-electron chi connectivity index (χ1n) is 5.72. The van der Waals surface area contributed by atoms with Crippen LogP contribution in [-0.2, 0) is 4.79 Å². The number of rotatable bonds is 2. The zero-order valence-electron chi connectivity index (χ0n) is 10.8. The molecule has 1 aliphatic rings. The van der Waals surface area contributed by atoms with E-state index in [-0.39, 0.29) is 22.9 Å². The molecule has 0 heterocycles. The Balaban J connectivity index is 2.95.